The summed E-state index contributed by atoms with van der Waals surface area (Å²) >= 11 is 1.40. The first-order valence-electron chi connectivity index (χ1n) is 7.99. The van der Waals surface area contributed by atoms with Crippen LogP contribution in [0.1, 0.15) is 29.8 Å². The first-order chi connectivity index (χ1) is 12.0. The highest BCUT2D eigenvalue weighted by Gasteiger charge is 2.18. The van der Waals surface area contributed by atoms with Crippen molar-refractivity contribution in [1.29, 1.82) is 0 Å². The third-order valence-corrected chi connectivity index (χ3v) is 4.90. The molecule has 1 atom stereocenters. The van der Waals surface area contributed by atoms with Crippen molar-refractivity contribution in [3.63, 3.8) is 0 Å². The van der Waals surface area contributed by atoms with E-state index in [-0.39, 0.29) is 0 Å². The lowest BCUT2D eigenvalue weighted by Gasteiger charge is -2.14. The van der Waals surface area contributed by atoms with Crippen LogP contribution in [-0.2, 0) is 0 Å². The maximum atomic E-state index is 10.2. The van der Waals surface area contributed by atoms with E-state index >= 15 is 0 Å². The summed E-state index contributed by atoms with van der Waals surface area (Å²) in [5.74, 6) is 0. The molecule has 0 spiro atoms. The Morgan fingerprint density at radius 2 is 2.00 bits per heavy atom. The highest BCUT2D eigenvalue weighted by Crippen LogP contribution is 2.37. The second-order valence-electron chi connectivity index (χ2n) is 6.21. The van der Waals surface area contributed by atoms with Crippen molar-refractivity contribution in [2.75, 3.05) is 0 Å². The van der Waals surface area contributed by atoms with E-state index in [9.17, 15) is 5.11 Å². The van der Waals surface area contributed by atoms with Gasteiger partial charge in [0.1, 0.15) is 6.26 Å². The number of fused-ring (bicyclic) bond motifs is 1. The maximum absolute atomic E-state index is 10.2. The van der Waals surface area contributed by atoms with Crippen molar-refractivity contribution in [2.24, 2.45) is 0 Å². The van der Waals surface area contributed by atoms with Crippen LogP contribution in [0.4, 0.5) is 0 Å². The van der Waals surface area contributed by atoms with Crippen molar-refractivity contribution < 1.29 is 9.63 Å². The summed E-state index contributed by atoms with van der Waals surface area (Å²) in [5.41, 5.74) is 7.20. The molecule has 4 aromatic rings. The van der Waals surface area contributed by atoms with Gasteiger partial charge in [-0.25, -0.2) is 9.36 Å². The summed E-state index contributed by atoms with van der Waals surface area (Å²) in [4.78, 5) is 4.90. The number of hydrogen-bond acceptors (Lipinski definition) is 6. The van der Waals surface area contributed by atoms with E-state index in [4.69, 9.17) is 9.51 Å². The van der Waals surface area contributed by atoms with E-state index in [2.05, 4.69) is 15.6 Å². The van der Waals surface area contributed by atoms with Gasteiger partial charge in [0.25, 0.3) is 0 Å². The number of aliphatic hydroxyl groups is 1. The highest BCUT2D eigenvalue weighted by molar-refractivity contribution is 7.03. The van der Waals surface area contributed by atoms with E-state index in [1.54, 1.807) is 13.2 Å². The average Bonchev–Trinajstić information content (AvgIpc) is 3.24. The van der Waals surface area contributed by atoms with Crippen LogP contribution in [0.2, 0.25) is 0 Å². The van der Waals surface area contributed by atoms with E-state index in [1.165, 1.54) is 11.5 Å². The quantitative estimate of drug-likeness (QED) is 0.580. The molecule has 0 fully saturated rings. The Morgan fingerprint density at radius 1 is 1.16 bits per heavy atom. The van der Waals surface area contributed by atoms with Crippen LogP contribution in [0.15, 0.2) is 40.6 Å². The molecule has 25 heavy (non-hydrogen) atoms. The van der Waals surface area contributed by atoms with Crippen molar-refractivity contribution in [2.45, 2.75) is 26.9 Å². The smallest absolute Gasteiger partial charge is 0.133 e. The standard InChI is InChI=1S/C19H17N3O2S/c1-10-4-14(12(3)23)16-6-15(13-7-20-25-9-13)19(21-18(16)5-10)17-8-24-22-11(17)2/h4-9,12,23H,1-3H3. The number of aromatic nitrogens is 3. The van der Waals surface area contributed by atoms with Crippen molar-refractivity contribution >= 4 is 22.4 Å². The van der Waals surface area contributed by atoms with E-state index in [1.807, 2.05) is 37.6 Å². The molecule has 6 heteroatoms. The second kappa shape index (κ2) is 6.06. The normalized spacial score (nSPS) is 12.6. The van der Waals surface area contributed by atoms with Gasteiger partial charge in [-0.3, -0.25) is 0 Å². The first kappa shape index (κ1) is 15.9. The van der Waals surface area contributed by atoms with Crippen LogP contribution in [-0.4, -0.2) is 19.6 Å². The molecular weight excluding hydrogens is 334 g/mol. The Hall–Kier alpha value is -2.57. The largest absolute Gasteiger partial charge is 0.389 e. The maximum Gasteiger partial charge on any atom is 0.133 e. The summed E-state index contributed by atoms with van der Waals surface area (Å²) in [5, 5.41) is 17.1. The van der Waals surface area contributed by atoms with Gasteiger partial charge in [0.2, 0.25) is 0 Å². The highest BCUT2D eigenvalue weighted by atomic mass is 32.1. The topological polar surface area (TPSA) is 72.0 Å². The molecule has 0 amide bonds. The number of rotatable bonds is 3. The van der Waals surface area contributed by atoms with Gasteiger partial charge in [-0.2, -0.15) is 0 Å². The summed E-state index contributed by atoms with van der Waals surface area (Å²) in [6, 6.07) is 6.12. The molecule has 5 nitrogen and oxygen atoms in total. The predicted molar refractivity (Wildman–Crippen MR) is 98.5 cm³/mol. The molecule has 3 aromatic heterocycles. The summed E-state index contributed by atoms with van der Waals surface area (Å²) in [7, 11) is 0. The number of nitrogens with zero attached hydrogens (tertiary/aromatic N) is 3. The van der Waals surface area contributed by atoms with Gasteiger partial charge in [-0.1, -0.05) is 11.2 Å². The molecule has 0 bridgehead atoms. The minimum absolute atomic E-state index is 0.569. The third-order valence-electron chi connectivity index (χ3n) is 4.31. The number of aryl methyl sites for hydroxylation is 2. The Kier molecular flexibility index (Phi) is 3.86. The Balaban J connectivity index is 2.10. The minimum Gasteiger partial charge on any atom is -0.389 e. The molecule has 0 saturated carbocycles. The fourth-order valence-electron chi connectivity index (χ4n) is 3.08. The van der Waals surface area contributed by atoms with Crippen LogP contribution in [0.5, 0.6) is 0 Å². The summed E-state index contributed by atoms with van der Waals surface area (Å²) in [6.07, 6.45) is 2.88. The van der Waals surface area contributed by atoms with Crippen LogP contribution in [0, 0.1) is 13.8 Å². The van der Waals surface area contributed by atoms with Gasteiger partial charge in [-0.15, -0.1) is 0 Å². The predicted octanol–water partition coefficient (Wildman–Crippen LogP) is 4.68. The first-order valence-corrected chi connectivity index (χ1v) is 8.82. The van der Waals surface area contributed by atoms with Gasteiger partial charge in [0.15, 0.2) is 0 Å². The molecule has 1 aromatic carbocycles. The summed E-state index contributed by atoms with van der Waals surface area (Å²) in [6.45, 7) is 5.68. The molecule has 1 unspecified atom stereocenters. The molecule has 126 valence electrons. The number of aliphatic hydroxyl groups excluding tert-OH is 1. The zero-order valence-corrected chi connectivity index (χ0v) is 15.0. The SMILES string of the molecule is Cc1cc(C(C)O)c2cc(-c3cnsc3)c(-c3conc3C)nc2c1. The van der Waals surface area contributed by atoms with E-state index in [0.717, 1.165) is 50.1 Å². The number of benzene rings is 1. The summed E-state index contributed by atoms with van der Waals surface area (Å²) < 4.78 is 9.35. The Labute approximate surface area is 149 Å². The molecule has 3 heterocycles. The third kappa shape index (κ3) is 2.73. The molecule has 1 N–H and O–H groups in total. The lowest BCUT2D eigenvalue weighted by molar-refractivity contribution is 0.201. The molecule has 0 aliphatic rings. The van der Waals surface area contributed by atoms with Gasteiger partial charge < -0.3 is 9.63 Å². The Morgan fingerprint density at radius 3 is 2.64 bits per heavy atom. The van der Waals surface area contributed by atoms with Crippen molar-refractivity contribution in [1.82, 2.24) is 14.5 Å². The zero-order valence-electron chi connectivity index (χ0n) is 14.1. The average molecular weight is 351 g/mol. The van der Waals surface area contributed by atoms with Crippen LogP contribution in [0.3, 0.4) is 0 Å². The lowest BCUT2D eigenvalue weighted by Crippen LogP contribution is -1.98. The second-order valence-corrected chi connectivity index (χ2v) is 6.87. The van der Waals surface area contributed by atoms with E-state index < -0.39 is 6.10 Å². The van der Waals surface area contributed by atoms with Crippen LogP contribution < -0.4 is 0 Å². The monoisotopic (exact) mass is 351 g/mol. The van der Waals surface area contributed by atoms with Crippen LogP contribution in [0.25, 0.3) is 33.3 Å². The van der Waals surface area contributed by atoms with Gasteiger partial charge >= 0.3 is 0 Å². The minimum atomic E-state index is -0.569. The van der Waals surface area contributed by atoms with Crippen molar-refractivity contribution in [3.8, 4) is 22.4 Å². The van der Waals surface area contributed by atoms with Gasteiger partial charge in [-0.05, 0) is 55.6 Å². The molecule has 0 aliphatic carbocycles. The fraction of sp³-hybridized carbons (Fsp3) is 0.211. The van der Waals surface area contributed by atoms with E-state index in [0.29, 0.717) is 0 Å². The Bertz CT molecular complexity index is 1050. The molecular formula is C19H17N3O2S. The van der Waals surface area contributed by atoms with Crippen LogP contribution >= 0.6 is 11.5 Å². The molecule has 0 aliphatic heterocycles. The lowest BCUT2D eigenvalue weighted by atomic mass is 9.95. The van der Waals surface area contributed by atoms with Crippen molar-refractivity contribution in [3.05, 3.63) is 52.9 Å². The number of hydrogen-bond donors (Lipinski definition) is 1. The fourth-order valence-corrected chi connectivity index (χ4v) is 3.61. The van der Waals surface area contributed by atoms with Gasteiger partial charge in [0, 0.05) is 28.1 Å². The zero-order chi connectivity index (χ0) is 17.6. The van der Waals surface area contributed by atoms with Gasteiger partial charge in [0.05, 0.1) is 28.6 Å². The molecule has 4 rings (SSSR count). The molecule has 0 radical (unpaired) electrons. The molecule has 0 saturated heterocycles. The number of pyridine rings is 1.